The molecule has 1 aromatic heterocycles. The lowest BCUT2D eigenvalue weighted by molar-refractivity contribution is 0.0660. The summed E-state index contributed by atoms with van der Waals surface area (Å²) < 4.78 is 4.92. The molecule has 2 N–H and O–H groups in total. The van der Waals surface area contributed by atoms with Gasteiger partial charge in [-0.2, -0.15) is 0 Å². The maximum atomic E-state index is 10.8. The molecule has 100 valence electrons. The van der Waals surface area contributed by atoms with E-state index in [4.69, 9.17) is 9.52 Å². The standard InChI is InChI=1S/C14H21NO3/c16-14(17)13-12(7-9-18-13)10-15-8-3-6-11-4-1-2-5-11/h7,9,11,15H,1-6,8,10H2,(H,16,17). The van der Waals surface area contributed by atoms with Gasteiger partial charge in [0.1, 0.15) is 0 Å². The van der Waals surface area contributed by atoms with Gasteiger partial charge in [0.05, 0.1) is 6.26 Å². The van der Waals surface area contributed by atoms with Crippen molar-refractivity contribution in [3.05, 3.63) is 23.7 Å². The fourth-order valence-electron chi connectivity index (χ4n) is 2.70. The molecule has 0 bridgehead atoms. The second kappa shape index (κ2) is 6.59. The van der Waals surface area contributed by atoms with Crippen molar-refractivity contribution in [3.8, 4) is 0 Å². The highest BCUT2D eigenvalue weighted by molar-refractivity contribution is 5.86. The molecular weight excluding hydrogens is 230 g/mol. The Morgan fingerprint density at radius 2 is 2.22 bits per heavy atom. The Morgan fingerprint density at radius 1 is 1.44 bits per heavy atom. The van der Waals surface area contributed by atoms with Crippen molar-refractivity contribution in [3.63, 3.8) is 0 Å². The van der Waals surface area contributed by atoms with E-state index >= 15 is 0 Å². The van der Waals surface area contributed by atoms with E-state index in [1.807, 2.05) is 0 Å². The summed E-state index contributed by atoms with van der Waals surface area (Å²) in [6.07, 6.45) is 9.48. The zero-order valence-corrected chi connectivity index (χ0v) is 10.7. The van der Waals surface area contributed by atoms with Crippen molar-refractivity contribution in [2.75, 3.05) is 6.54 Å². The van der Waals surface area contributed by atoms with E-state index in [-0.39, 0.29) is 5.76 Å². The fraction of sp³-hybridized carbons (Fsp3) is 0.643. The van der Waals surface area contributed by atoms with E-state index in [1.165, 1.54) is 44.8 Å². The molecule has 1 aliphatic carbocycles. The number of aromatic carboxylic acids is 1. The first-order chi connectivity index (χ1) is 8.77. The first-order valence-electron chi connectivity index (χ1n) is 6.77. The molecule has 4 heteroatoms. The molecule has 0 spiro atoms. The number of carbonyl (C=O) groups is 1. The lowest BCUT2D eigenvalue weighted by Crippen LogP contribution is -2.16. The van der Waals surface area contributed by atoms with Crippen LogP contribution in [0.2, 0.25) is 0 Å². The van der Waals surface area contributed by atoms with Gasteiger partial charge in [-0.25, -0.2) is 4.79 Å². The highest BCUT2D eigenvalue weighted by atomic mass is 16.4. The number of furan rings is 1. The molecule has 0 atom stereocenters. The average Bonchev–Trinajstić information content (AvgIpc) is 2.98. The van der Waals surface area contributed by atoms with Crippen molar-refractivity contribution in [1.82, 2.24) is 5.32 Å². The highest BCUT2D eigenvalue weighted by Gasteiger charge is 2.15. The molecule has 0 saturated heterocycles. The number of carboxylic acids is 1. The SMILES string of the molecule is O=C(O)c1occc1CNCCCC1CCCC1. The minimum atomic E-state index is -0.997. The highest BCUT2D eigenvalue weighted by Crippen LogP contribution is 2.28. The quantitative estimate of drug-likeness (QED) is 0.731. The summed E-state index contributed by atoms with van der Waals surface area (Å²) in [4.78, 5) is 10.8. The smallest absolute Gasteiger partial charge is 0.372 e. The molecule has 1 saturated carbocycles. The second-order valence-corrected chi connectivity index (χ2v) is 5.05. The van der Waals surface area contributed by atoms with Gasteiger partial charge in [-0.1, -0.05) is 25.7 Å². The summed E-state index contributed by atoms with van der Waals surface area (Å²) >= 11 is 0. The van der Waals surface area contributed by atoms with Crippen LogP contribution in [0.4, 0.5) is 0 Å². The van der Waals surface area contributed by atoms with Crippen molar-refractivity contribution in [2.45, 2.75) is 45.1 Å². The van der Waals surface area contributed by atoms with Crippen LogP contribution in [-0.4, -0.2) is 17.6 Å². The maximum absolute atomic E-state index is 10.8. The van der Waals surface area contributed by atoms with Gasteiger partial charge in [-0.15, -0.1) is 0 Å². The third-order valence-corrected chi connectivity index (χ3v) is 3.70. The summed E-state index contributed by atoms with van der Waals surface area (Å²) in [5, 5.41) is 12.2. The summed E-state index contributed by atoms with van der Waals surface area (Å²) in [6.45, 7) is 1.52. The molecule has 0 aromatic carbocycles. The Hall–Kier alpha value is -1.29. The fourth-order valence-corrected chi connectivity index (χ4v) is 2.70. The van der Waals surface area contributed by atoms with Gasteiger partial charge in [-0.05, 0) is 31.4 Å². The van der Waals surface area contributed by atoms with Crippen LogP contribution in [0.1, 0.15) is 54.6 Å². The van der Waals surface area contributed by atoms with Crippen LogP contribution in [0.5, 0.6) is 0 Å². The Balaban J connectivity index is 1.62. The molecule has 0 amide bonds. The summed E-state index contributed by atoms with van der Waals surface area (Å²) in [6, 6.07) is 1.72. The Kier molecular flexibility index (Phi) is 4.81. The molecule has 1 aromatic rings. The Labute approximate surface area is 107 Å². The van der Waals surface area contributed by atoms with E-state index in [1.54, 1.807) is 6.07 Å². The molecule has 1 aliphatic rings. The van der Waals surface area contributed by atoms with Gasteiger partial charge in [0.15, 0.2) is 0 Å². The van der Waals surface area contributed by atoms with E-state index in [2.05, 4.69) is 5.32 Å². The van der Waals surface area contributed by atoms with Gasteiger partial charge in [0, 0.05) is 12.1 Å². The van der Waals surface area contributed by atoms with Crippen molar-refractivity contribution < 1.29 is 14.3 Å². The van der Waals surface area contributed by atoms with E-state index < -0.39 is 5.97 Å². The largest absolute Gasteiger partial charge is 0.475 e. The molecule has 1 heterocycles. The predicted molar refractivity (Wildman–Crippen MR) is 68.6 cm³/mol. The van der Waals surface area contributed by atoms with Crippen molar-refractivity contribution in [1.29, 1.82) is 0 Å². The van der Waals surface area contributed by atoms with Crippen molar-refractivity contribution in [2.24, 2.45) is 5.92 Å². The molecular formula is C14H21NO3. The number of carboxylic acid groups (broad SMARTS) is 1. The predicted octanol–water partition coefficient (Wildman–Crippen LogP) is 3.04. The van der Waals surface area contributed by atoms with E-state index in [9.17, 15) is 4.79 Å². The van der Waals surface area contributed by atoms with Crippen LogP contribution < -0.4 is 5.32 Å². The monoisotopic (exact) mass is 251 g/mol. The summed E-state index contributed by atoms with van der Waals surface area (Å²) in [7, 11) is 0. The molecule has 1 fully saturated rings. The van der Waals surface area contributed by atoms with Gasteiger partial charge < -0.3 is 14.8 Å². The number of hydrogen-bond donors (Lipinski definition) is 2. The van der Waals surface area contributed by atoms with E-state index in [0.29, 0.717) is 6.54 Å². The number of nitrogens with one attached hydrogen (secondary N) is 1. The minimum absolute atomic E-state index is 0.0540. The zero-order valence-electron chi connectivity index (χ0n) is 10.7. The summed E-state index contributed by atoms with van der Waals surface area (Å²) in [5.41, 5.74) is 0.725. The number of rotatable bonds is 7. The second-order valence-electron chi connectivity index (χ2n) is 5.05. The normalized spacial score (nSPS) is 16.2. The Morgan fingerprint density at radius 3 is 2.94 bits per heavy atom. The molecule has 4 nitrogen and oxygen atoms in total. The molecule has 0 radical (unpaired) electrons. The first kappa shape index (κ1) is 13.1. The molecule has 0 aliphatic heterocycles. The maximum Gasteiger partial charge on any atom is 0.372 e. The summed E-state index contributed by atoms with van der Waals surface area (Å²) in [5.74, 6) is -0.0173. The first-order valence-corrected chi connectivity index (χ1v) is 6.77. The average molecular weight is 251 g/mol. The van der Waals surface area contributed by atoms with Gasteiger partial charge in [0.25, 0.3) is 0 Å². The molecule has 0 unspecified atom stereocenters. The van der Waals surface area contributed by atoms with Gasteiger partial charge in [-0.3, -0.25) is 0 Å². The van der Waals surface area contributed by atoms with Gasteiger partial charge >= 0.3 is 5.97 Å². The van der Waals surface area contributed by atoms with Crippen LogP contribution in [0.3, 0.4) is 0 Å². The van der Waals surface area contributed by atoms with Crippen LogP contribution in [0.25, 0.3) is 0 Å². The van der Waals surface area contributed by atoms with Crippen LogP contribution in [0, 0.1) is 5.92 Å². The van der Waals surface area contributed by atoms with E-state index in [0.717, 1.165) is 18.0 Å². The molecule has 18 heavy (non-hydrogen) atoms. The molecule has 2 rings (SSSR count). The Bertz CT molecular complexity index is 380. The minimum Gasteiger partial charge on any atom is -0.475 e. The van der Waals surface area contributed by atoms with Crippen LogP contribution >= 0.6 is 0 Å². The van der Waals surface area contributed by atoms with Crippen molar-refractivity contribution >= 4 is 5.97 Å². The zero-order chi connectivity index (χ0) is 12.8. The van der Waals surface area contributed by atoms with Crippen LogP contribution in [0.15, 0.2) is 16.7 Å². The lowest BCUT2D eigenvalue weighted by atomic mass is 10.0. The van der Waals surface area contributed by atoms with Crippen LogP contribution in [-0.2, 0) is 6.54 Å². The number of hydrogen-bond acceptors (Lipinski definition) is 3. The third-order valence-electron chi connectivity index (χ3n) is 3.70. The van der Waals surface area contributed by atoms with Gasteiger partial charge in [0.2, 0.25) is 5.76 Å². The third kappa shape index (κ3) is 3.60. The lowest BCUT2D eigenvalue weighted by Gasteiger charge is -2.08. The topological polar surface area (TPSA) is 62.5 Å².